The van der Waals surface area contributed by atoms with Crippen molar-refractivity contribution in [3.05, 3.63) is 0 Å². The molecule has 1 saturated carbocycles. The quantitative estimate of drug-likeness (QED) is 0.466. The zero-order valence-electron chi connectivity index (χ0n) is 7.62. The topological polar surface area (TPSA) is 67.5 Å². The number of aliphatic imine (C=N–C) groups is 1. The number of hydrogen-bond donors (Lipinski definition) is 2. The van der Waals surface area contributed by atoms with E-state index >= 15 is 0 Å². The molecule has 4 heteroatoms. The zero-order valence-corrected chi connectivity index (χ0v) is 7.62. The lowest BCUT2D eigenvalue weighted by Crippen LogP contribution is -2.38. The van der Waals surface area contributed by atoms with Crippen molar-refractivity contribution in [2.24, 2.45) is 16.6 Å². The van der Waals surface area contributed by atoms with Crippen LogP contribution in [0.1, 0.15) is 25.7 Å². The van der Waals surface area contributed by atoms with E-state index in [0.29, 0.717) is 18.9 Å². The van der Waals surface area contributed by atoms with Crippen LogP contribution in [0.2, 0.25) is 0 Å². The fraction of sp³-hybridized carbons (Fsp3) is 0.778. The Hall–Kier alpha value is -1.06. The third-order valence-corrected chi connectivity index (χ3v) is 2.57. The summed E-state index contributed by atoms with van der Waals surface area (Å²) in [6, 6.07) is 0.221. The molecule has 1 aliphatic carbocycles. The van der Waals surface area contributed by atoms with E-state index in [4.69, 9.17) is 5.73 Å². The minimum Gasteiger partial charge on any atom is -0.387 e. The third kappa shape index (κ3) is 2.20. The highest BCUT2D eigenvalue weighted by atomic mass is 16.1. The van der Waals surface area contributed by atoms with Crippen LogP contribution in [0.3, 0.4) is 0 Å². The Labute approximate surface area is 77.6 Å². The van der Waals surface area contributed by atoms with Gasteiger partial charge in [0.05, 0.1) is 11.9 Å². The van der Waals surface area contributed by atoms with Gasteiger partial charge in [-0.25, -0.2) is 0 Å². The number of nitrogens with one attached hydrogen (secondary N) is 1. The molecule has 1 unspecified atom stereocenters. The molecule has 0 aromatic rings. The predicted molar refractivity (Wildman–Crippen MR) is 50.4 cm³/mol. The van der Waals surface area contributed by atoms with E-state index in [-0.39, 0.29) is 11.9 Å². The van der Waals surface area contributed by atoms with E-state index in [1.54, 1.807) is 0 Å². The first-order valence-corrected chi connectivity index (χ1v) is 4.85. The van der Waals surface area contributed by atoms with Gasteiger partial charge in [0, 0.05) is 18.9 Å². The number of piperidine rings is 1. The van der Waals surface area contributed by atoms with E-state index in [2.05, 4.69) is 10.3 Å². The Morgan fingerprint density at radius 1 is 1.46 bits per heavy atom. The SMILES string of the molecule is NC(=NC1CCC(=O)NC1)C1CC1. The molecule has 2 fully saturated rings. The van der Waals surface area contributed by atoms with Crippen molar-refractivity contribution in [1.29, 1.82) is 0 Å². The molecule has 13 heavy (non-hydrogen) atoms. The standard InChI is InChI=1S/C9H15N3O/c10-9(6-1-2-6)12-7-3-4-8(13)11-5-7/h6-7H,1-5H2,(H2,10,12)(H,11,13). The Morgan fingerprint density at radius 2 is 2.23 bits per heavy atom. The highest BCUT2D eigenvalue weighted by molar-refractivity contribution is 5.85. The number of hydrogen-bond acceptors (Lipinski definition) is 2. The van der Waals surface area contributed by atoms with Crippen molar-refractivity contribution >= 4 is 11.7 Å². The van der Waals surface area contributed by atoms with Gasteiger partial charge in [0.25, 0.3) is 0 Å². The van der Waals surface area contributed by atoms with Gasteiger partial charge >= 0.3 is 0 Å². The first-order chi connectivity index (χ1) is 6.25. The van der Waals surface area contributed by atoms with Crippen LogP contribution in [-0.2, 0) is 4.79 Å². The lowest BCUT2D eigenvalue weighted by molar-refractivity contribution is -0.122. The van der Waals surface area contributed by atoms with Crippen LogP contribution < -0.4 is 11.1 Å². The Morgan fingerprint density at radius 3 is 2.77 bits per heavy atom. The number of amidine groups is 1. The van der Waals surface area contributed by atoms with Crippen molar-refractivity contribution in [3.63, 3.8) is 0 Å². The Balaban J connectivity index is 1.87. The van der Waals surface area contributed by atoms with Crippen LogP contribution in [0, 0.1) is 5.92 Å². The van der Waals surface area contributed by atoms with Gasteiger partial charge in [-0.15, -0.1) is 0 Å². The first-order valence-electron chi connectivity index (χ1n) is 4.85. The largest absolute Gasteiger partial charge is 0.387 e. The fourth-order valence-electron chi connectivity index (χ4n) is 1.53. The van der Waals surface area contributed by atoms with Gasteiger partial charge in [-0.3, -0.25) is 9.79 Å². The monoisotopic (exact) mass is 181 g/mol. The van der Waals surface area contributed by atoms with Gasteiger partial charge in [-0.1, -0.05) is 0 Å². The second-order valence-electron chi connectivity index (χ2n) is 3.82. The van der Waals surface area contributed by atoms with Crippen molar-refractivity contribution < 1.29 is 4.79 Å². The highest BCUT2D eigenvalue weighted by Gasteiger charge is 2.27. The molecule has 0 aromatic heterocycles. The van der Waals surface area contributed by atoms with Crippen molar-refractivity contribution in [2.45, 2.75) is 31.7 Å². The van der Waals surface area contributed by atoms with Crippen molar-refractivity contribution in [1.82, 2.24) is 5.32 Å². The fourth-order valence-corrected chi connectivity index (χ4v) is 1.53. The maximum atomic E-state index is 10.8. The second-order valence-corrected chi connectivity index (χ2v) is 3.82. The van der Waals surface area contributed by atoms with E-state index in [1.165, 1.54) is 12.8 Å². The van der Waals surface area contributed by atoms with Crippen molar-refractivity contribution in [2.75, 3.05) is 6.54 Å². The highest BCUT2D eigenvalue weighted by Crippen LogP contribution is 2.29. The van der Waals surface area contributed by atoms with Gasteiger partial charge in [0.15, 0.2) is 0 Å². The van der Waals surface area contributed by atoms with Crippen LogP contribution >= 0.6 is 0 Å². The summed E-state index contributed by atoms with van der Waals surface area (Å²) < 4.78 is 0. The van der Waals surface area contributed by atoms with Crippen LogP contribution in [0.4, 0.5) is 0 Å². The number of carbonyl (C=O) groups is 1. The molecule has 2 rings (SSSR count). The van der Waals surface area contributed by atoms with E-state index in [1.807, 2.05) is 0 Å². The molecule has 1 heterocycles. The maximum Gasteiger partial charge on any atom is 0.220 e. The molecule has 2 aliphatic rings. The van der Waals surface area contributed by atoms with Gasteiger partial charge in [0.2, 0.25) is 5.91 Å². The van der Waals surface area contributed by atoms with Gasteiger partial charge in [-0.05, 0) is 19.3 Å². The summed E-state index contributed by atoms with van der Waals surface area (Å²) in [6.07, 6.45) is 3.81. The summed E-state index contributed by atoms with van der Waals surface area (Å²) in [6.45, 7) is 0.659. The molecule has 1 amide bonds. The summed E-state index contributed by atoms with van der Waals surface area (Å²) in [5, 5.41) is 2.80. The lowest BCUT2D eigenvalue weighted by atomic mass is 10.1. The summed E-state index contributed by atoms with van der Waals surface area (Å²) in [5.41, 5.74) is 5.78. The molecule has 4 nitrogen and oxygen atoms in total. The van der Waals surface area contributed by atoms with Crippen LogP contribution in [0.15, 0.2) is 4.99 Å². The van der Waals surface area contributed by atoms with E-state index < -0.39 is 0 Å². The van der Waals surface area contributed by atoms with Crippen molar-refractivity contribution in [3.8, 4) is 0 Å². The summed E-state index contributed by atoms with van der Waals surface area (Å²) >= 11 is 0. The van der Waals surface area contributed by atoms with Gasteiger partial charge < -0.3 is 11.1 Å². The molecule has 1 aliphatic heterocycles. The third-order valence-electron chi connectivity index (χ3n) is 2.57. The number of rotatable bonds is 2. The molecule has 1 saturated heterocycles. The molecular formula is C9H15N3O. The van der Waals surface area contributed by atoms with Crippen LogP contribution in [-0.4, -0.2) is 24.3 Å². The van der Waals surface area contributed by atoms with Crippen LogP contribution in [0.5, 0.6) is 0 Å². The Bertz CT molecular complexity index is 235. The molecule has 3 N–H and O–H groups in total. The molecule has 72 valence electrons. The molecule has 0 spiro atoms. The average molecular weight is 181 g/mol. The molecule has 0 aromatic carbocycles. The number of amides is 1. The van der Waals surface area contributed by atoms with Gasteiger partial charge in [-0.2, -0.15) is 0 Å². The minimum absolute atomic E-state index is 0.136. The number of carbonyl (C=O) groups excluding carboxylic acids is 1. The minimum atomic E-state index is 0.136. The maximum absolute atomic E-state index is 10.8. The summed E-state index contributed by atoms with van der Waals surface area (Å²) in [5.74, 6) is 1.47. The number of nitrogens with two attached hydrogens (primary N) is 1. The molecular weight excluding hydrogens is 166 g/mol. The van der Waals surface area contributed by atoms with Gasteiger partial charge in [0.1, 0.15) is 0 Å². The summed E-state index contributed by atoms with van der Waals surface area (Å²) in [4.78, 5) is 15.3. The first kappa shape index (κ1) is 8.53. The molecule has 0 bridgehead atoms. The lowest BCUT2D eigenvalue weighted by Gasteiger charge is -2.19. The average Bonchev–Trinajstić information content (AvgIpc) is 2.91. The summed E-state index contributed by atoms with van der Waals surface area (Å²) in [7, 11) is 0. The van der Waals surface area contributed by atoms with Crippen LogP contribution in [0.25, 0.3) is 0 Å². The normalized spacial score (nSPS) is 30.0. The Kier molecular flexibility index (Phi) is 2.20. The second kappa shape index (κ2) is 3.36. The predicted octanol–water partition coefficient (Wildman–Crippen LogP) is 0.0322. The molecule has 1 atom stereocenters. The van der Waals surface area contributed by atoms with E-state index in [0.717, 1.165) is 12.3 Å². The number of nitrogens with zero attached hydrogens (tertiary/aromatic N) is 1. The zero-order chi connectivity index (χ0) is 9.26. The smallest absolute Gasteiger partial charge is 0.220 e. The molecule has 0 radical (unpaired) electrons. The van der Waals surface area contributed by atoms with E-state index in [9.17, 15) is 4.79 Å².